The molecule has 2 amide bonds. The van der Waals surface area contributed by atoms with E-state index in [0.717, 1.165) is 37.7 Å². The minimum Gasteiger partial charge on any atom is -0.352 e. The molecule has 30 heavy (non-hydrogen) atoms. The van der Waals surface area contributed by atoms with Gasteiger partial charge >= 0.3 is 0 Å². The Balaban J connectivity index is 1.59. The fourth-order valence-electron chi connectivity index (χ4n) is 3.88. The van der Waals surface area contributed by atoms with Crippen LogP contribution in [0.2, 0.25) is 0 Å². The highest BCUT2D eigenvalue weighted by Crippen LogP contribution is 2.25. The van der Waals surface area contributed by atoms with Gasteiger partial charge in [0.1, 0.15) is 5.56 Å². The van der Waals surface area contributed by atoms with Gasteiger partial charge in [-0.2, -0.15) is 0 Å². The van der Waals surface area contributed by atoms with Gasteiger partial charge in [0.2, 0.25) is 0 Å². The molecule has 0 aliphatic heterocycles. The highest BCUT2D eigenvalue weighted by Gasteiger charge is 2.20. The molecule has 0 saturated heterocycles. The third kappa shape index (κ3) is 5.79. The number of H-pyrrole nitrogens is 1. The Morgan fingerprint density at radius 2 is 1.87 bits per heavy atom. The van der Waals surface area contributed by atoms with Crippen molar-refractivity contribution >= 4 is 11.8 Å². The molecule has 0 spiro atoms. The third-order valence-corrected chi connectivity index (χ3v) is 5.73. The summed E-state index contributed by atoms with van der Waals surface area (Å²) in [5.41, 5.74) is 6.63. The maximum absolute atomic E-state index is 12.8. The van der Waals surface area contributed by atoms with Gasteiger partial charge in [0.25, 0.3) is 17.4 Å². The quantitative estimate of drug-likeness (QED) is 0.651. The van der Waals surface area contributed by atoms with E-state index >= 15 is 0 Å². The van der Waals surface area contributed by atoms with Crippen molar-refractivity contribution in [3.05, 3.63) is 69.6 Å². The molecule has 4 N–H and O–H groups in total. The fourth-order valence-corrected chi connectivity index (χ4v) is 3.88. The molecule has 1 aliphatic carbocycles. The summed E-state index contributed by atoms with van der Waals surface area (Å²) < 4.78 is 0. The van der Waals surface area contributed by atoms with Crippen molar-refractivity contribution in [2.45, 2.75) is 44.7 Å². The number of amides is 2. The van der Waals surface area contributed by atoms with Gasteiger partial charge in [-0.05, 0) is 49.7 Å². The number of rotatable bonds is 7. The molecular formula is C23H30N4O3. The van der Waals surface area contributed by atoms with Gasteiger partial charge in [0.05, 0.1) is 5.56 Å². The van der Waals surface area contributed by atoms with Gasteiger partial charge in [0, 0.05) is 32.4 Å². The molecule has 160 valence electrons. The van der Waals surface area contributed by atoms with E-state index in [1.807, 2.05) is 30.3 Å². The highest BCUT2D eigenvalue weighted by atomic mass is 16.2. The molecule has 1 aliphatic rings. The van der Waals surface area contributed by atoms with Crippen LogP contribution in [0.25, 0.3) is 0 Å². The van der Waals surface area contributed by atoms with Gasteiger partial charge in [-0.25, -0.2) is 0 Å². The second kappa shape index (κ2) is 10.2. The summed E-state index contributed by atoms with van der Waals surface area (Å²) in [6.07, 6.45) is 6.55. The number of benzene rings is 1. The molecule has 7 nitrogen and oxygen atoms in total. The Labute approximate surface area is 176 Å². The summed E-state index contributed by atoms with van der Waals surface area (Å²) in [6, 6.07) is 11.2. The minimum atomic E-state index is -0.505. The van der Waals surface area contributed by atoms with Crippen molar-refractivity contribution in [3.8, 4) is 0 Å². The molecule has 3 rings (SSSR count). The number of aromatic amines is 1. The van der Waals surface area contributed by atoms with E-state index < -0.39 is 11.5 Å². The first kappa shape index (κ1) is 21.8. The molecule has 2 aromatic rings. The van der Waals surface area contributed by atoms with E-state index in [1.165, 1.54) is 17.2 Å². The SMILES string of the molecule is CN(Cc1ccccc1)C(=O)c1cc(C(=O)NCCC2CCC(N)CC2)c[nH]c1=O. The molecule has 1 aromatic heterocycles. The molecule has 1 aromatic carbocycles. The number of nitrogens with zero attached hydrogens (tertiary/aromatic N) is 1. The van der Waals surface area contributed by atoms with Crippen LogP contribution in [0.3, 0.4) is 0 Å². The fraction of sp³-hybridized carbons (Fsp3) is 0.435. The normalized spacial score (nSPS) is 18.6. The van der Waals surface area contributed by atoms with E-state index in [9.17, 15) is 14.4 Å². The molecule has 1 fully saturated rings. The number of hydrogen-bond acceptors (Lipinski definition) is 4. The average molecular weight is 411 g/mol. The summed E-state index contributed by atoms with van der Waals surface area (Å²) in [5.74, 6) is -0.128. The number of pyridine rings is 1. The number of nitrogens with one attached hydrogen (secondary N) is 2. The van der Waals surface area contributed by atoms with Gasteiger partial charge in [-0.3, -0.25) is 14.4 Å². The predicted octanol–water partition coefficient (Wildman–Crippen LogP) is 2.28. The molecule has 1 heterocycles. The van der Waals surface area contributed by atoms with Crippen molar-refractivity contribution in [2.24, 2.45) is 11.7 Å². The van der Waals surface area contributed by atoms with Crippen LogP contribution in [0.1, 0.15) is 58.4 Å². The van der Waals surface area contributed by atoms with Gasteiger partial charge in [-0.15, -0.1) is 0 Å². The zero-order chi connectivity index (χ0) is 21.5. The Bertz CT molecular complexity index is 918. The largest absolute Gasteiger partial charge is 0.352 e. The summed E-state index contributed by atoms with van der Waals surface area (Å²) in [6.45, 7) is 0.940. The van der Waals surface area contributed by atoms with Crippen LogP contribution in [0.15, 0.2) is 47.4 Å². The molecule has 1 saturated carbocycles. The monoisotopic (exact) mass is 410 g/mol. The summed E-state index contributed by atoms with van der Waals surface area (Å²) in [5, 5.41) is 2.90. The molecule has 7 heteroatoms. The van der Waals surface area contributed by atoms with Crippen LogP contribution < -0.4 is 16.6 Å². The standard InChI is InChI=1S/C23H30N4O3/c1-27(15-17-5-3-2-4-6-17)23(30)20-13-18(14-26-22(20)29)21(28)25-12-11-16-7-9-19(24)10-8-16/h2-6,13-14,16,19H,7-12,15,24H2,1H3,(H,25,28)(H,26,29). The Morgan fingerprint density at radius 3 is 2.57 bits per heavy atom. The van der Waals surface area contributed by atoms with Crippen LogP contribution >= 0.6 is 0 Å². The van der Waals surface area contributed by atoms with Crippen LogP contribution in [-0.4, -0.2) is 41.3 Å². The number of carbonyl (C=O) groups excluding carboxylic acids is 2. The number of aromatic nitrogens is 1. The molecule has 0 bridgehead atoms. The molecule has 0 radical (unpaired) electrons. The van der Waals surface area contributed by atoms with E-state index in [1.54, 1.807) is 7.05 Å². The van der Waals surface area contributed by atoms with Gasteiger partial charge in [0.15, 0.2) is 0 Å². The maximum atomic E-state index is 12.8. The lowest BCUT2D eigenvalue weighted by atomic mass is 9.84. The first-order valence-corrected chi connectivity index (χ1v) is 10.5. The predicted molar refractivity (Wildman–Crippen MR) is 116 cm³/mol. The van der Waals surface area contributed by atoms with Gasteiger partial charge < -0.3 is 20.9 Å². The van der Waals surface area contributed by atoms with Gasteiger partial charge in [-0.1, -0.05) is 30.3 Å². The second-order valence-corrected chi connectivity index (χ2v) is 8.10. The number of carbonyl (C=O) groups is 2. The van der Waals surface area contributed by atoms with Crippen LogP contribution in [0, 0.1) is 5.92 Å². The smallest absolute Gasteiger partial charge is 0.260 e. The minimum absolute atomic E-state index is 0.0395. The summed E-state index contributed by atoms with van der Waals surface area (Å²) in [4.78, 5) is 41.4. The van der Waals surface area contributed by atoms with Crippen LogP contribution in [0.4, 0.5) is 0 Å². The lowest BCUT2D eigenvalue weighted by Gasteiger charge is -2.25. The molecule has 0 unspecified atom stereocenters. The highest BCUT2D eigenvalue weighted by molar-refractivity contribution is 5.99. The molecule has 0 atom stereocenters. The van der Waals surface area contributed by atoms with Crippen LogP contribution in [0.5, 0.6) is 0 Å². The summed E-state index contributed by atoms with van der Waals surface area (Å²) >= 11 is 0. The zero-order valence-electron chi connectivity index (χ0n) is 17.4. The average Bonchev–Trinajstić information content (AvgIpc) is 2.75. The number of hydrogen-bond donors (Lipinski definition) is 3. The third-order valence-electron chi connectivity index (χ3n) is 5.73. The van der Waals surface area contributed by atoms with Crippen molar-refractivity contribution in [3.63, 3.8) is 0 Å². The topological polar surface area (TPSA) is 108 Å². The Kier molecular flexibility index (Phi) is 7.41. The van der Waals surface area contributed by atoms with E-state index in [0.29, 0.717) is 25.0 Å². The van der Waals surface area contributed by atoms with Crippen molar-refractivity contribution < 1.29 is 9.59 Å². The Morgan fingerprint density at radius 1 is 1.17 bits per heavy atom. The Hall–Kier alpha value is -2.93. The summed E-state index contributed by atoms with van der Waals surface area (Å²) in [7, 11) is 1.64. The first-order valence-electron chi connectivity index (χ1n) is 10.5. The zero-order valence-corrected chi connectivity index (χ0v) is 17.4. The van der Waals surface area contributed by atoms with E-state index in [2.05, 4.69) is 10.3 Å². The molecular weight excluding hydrogens is 380 g/mol. The first-order chi connectivity index (χ1) is 14.4. The van der Waals surface area contributed by atoms with Crippen molar-refractivity contribution in [1.29, 1.82) is 0 Å². The van der Waals surface area contributed by atoms with E-state index in [4.69, 9.17) is 5.73 Å². The second-order valence-electron chi connectivity index (χ2n) is 8.10. The van der Waals surface area contributed by atoms with Crippen molar-refractivity contribution in [2.75, 3.05) is 13.6 Å². The maximum Gasteiger partial charge on any atom is 0.260 e. The van der Waals surface area contributed by atoms with Crippen LogP contribution in [-0.2, 0) is 6.54 Å². The number of nitrogens with two attached hydrogens (primary N) is 1. The lowest BCUT2D eigenvalue weighted by molar-refractivity contribution is 0.0783. The van der Waals surface area contributed by atoms with E-state index in [-0.39, 0.29) is 17.0 Å². The lowest BCUT2D eigenvalue weighted by Crippen LogP contribution is -2.33. The van der Waals surface area contributed by atoms with Crippen molar-refractivity contribution in [1.82, 2.24) is 15.2 Å².